The first-order chi connectivity index (χ1) is 13.1. The molecule has 27 heavy (non-hydrogen) atoms. The van der Waals surface area contributed by atoms with Gasteiger partial charge in [0.15, 0.2) is 0 Å². The Morgan fingerprint density at radius 3 is 2.30 bits per heavy atom. The highest BCUT2D eigenvalue weighted by Gasteiger charge is 2.17. The van der Waals surface area contributed by atoms with E-state index in [1.54, 1.807) is 0 Å². The molecule has 0 heterocycles. The molecule has 2 amide bonds. The minimum atomic E-state index is -0.250. The molecule has 146 valence electrons. The number of nitrogens with zero attached hydrogens (tertiary/aromatic N) is 1. The molecule has 2 rings (SSSR count). The van der Waals surface area contributed by atoms with Gasteiger partial charge in [-0.05, 0) is 35.2 Å². The minimum absolute atomic E-state index is 0.0452. The quantitative estimate of drug-likeness (QED) is 0.674. The van der Waals surface area contributed by atoms with Crippen molar-refractivity contribution >= 4 is 22.6 Å². The van der Waals surface area contributed by atoms with Crippen LogP contribution in [0.25, 0.3) is 10.8 Å². The van der Waals surface area contributed by atoms with E-state index in [1.807, 2.05) is 35.2 Å². The van der Waals surface area contributed by atoms with Crippen LogP contribution in [-0.4, -0.2) is 36.3 Å². The zero-order valence-corrected chi connectivity index (χ0v) is 16.4. The third-order valence-electron chi connectivity index (χ3n) is 4.65. The van der Waals surface area contributed by atoms with Crippen LogP contribution in [0.4, 0.5) is 0 Å². The zero-order chi connectivity index (χ0) is 19.6. The number of fused-ring (bicyclic) bond motifs is 1. The third-order valence-corrected chi connectivity index (χ3v) is 4.65. The molecule has 0 aliphatic heterocycles. The molecule has 3 N–H and O–H groups in total. The number of nitrogens with two attached hydrogens (primary N) is 1. The molecule has 0 radical (unpaired) electrons. The van der Waals surface area contributed by atoms with Crippen LogP contribution in [0.1, 0.15) is 51.1 Å². The van der Waals surface area contributed by atoms with E-state index in [2.05, 4.69) is 31.3 Å². The monoisotopic (exact) mass is 369 g/mol. The summed E-state index contributed by atoms with van der Waals surface area (Å²) in [5.41, 5.74) is 6.87. The van der Waals surface area contributed by atoms with E-state index in [4.69, 9.17) is 5.73 Å². The molecule has 0 aromatic heterocycles. The van der Waals surface area contributed by atoms with Gasteiger partial charge in [0, 0.05) is 32.5 Å². The van der Waals surface area contributed by atoms with Gasteiger partial charge in [-0.15, -0.1) is 0 Å². The number of carbonyl (C=O) groups is 2. The second kappa shape index (κ2) is 10.7. The van der Waals surface area contributed by atoms with Crippen molar-refractivity contribution in [2.24, 2.45) is 5.73 Å². The van der Waals surface area contributed by atoms with Crippen LogP contribution in [0.5, 0.6) is 0 Å². The van der Waals surface area contributed by atoms with Gasteiger partial charge in [-0.1, -0.05) is 50.2 Å². The molecule has 0 fully saturated rings. The average molecular weight is 370 g/mol. The molecule has 1 unspecified atom stereocenters. The summed E-state index contributed by atoms with van der Waals surface area (Å²) in [5, 5.41) is 5.24. The smallest absolute Gasteiger partial charge is 0.223 e. The van der Waals surface area contributed by atoms with Gasteiger partial charge in [-0.3, -0.25) is 9.59 Å². The van der Waals surface area contributed by atoms with Gasteiger partial charge in [0.2, 0.25) is 11.8 Å². The molecule has 2 aromatic rings. The molecule has 1 atom stereocenters. The van der Waals surface area contributed by atoms with Crippen LogP contribution in [-0.2, 0) is 9.59 Å². The molecule has 5 heteroatoms. The lowest BCUT2D eigenvalue weighted by Gasteiger charge is -2.22. The number of hydrogen-bond donors (Lipinski definition) is 2. The molecule has 0 aliphatic carbocycles. The normalized spacial score (nSPS) is 12.0. The van der Waals surface area contributed by atoms with Gasteiger partial charge in [0.1, 0.15) is 0 Å². The highest BCUT2D eigenvalue weighted by molar-refractivity contribution is 5.85. The lowest BCUT2D eigenvalue weighted by molar-refractivity contribution is -0.133. The second-order valence-electron chi connectivity index (χ2n) is 6.84. The maximum absolute atomic E-state index is 12.4. The number of amides is 2. The van der Waals surface area contributed by atoms with Crippen molar-refractivity contribution in [3.05, 3.63) is 48.0 Å². The zero-order valence-electron chi connectivity index (χ0n) is 16.4. The van der Waals surface area contributed by atoms with Crippen molar-refractivity contribution in [2.45, 2.75) is 45.6 Å². The minimum Gasteiger partial charge on any atom is -0.348 e. The SMILES string of the molecule is CCCN(CCC)C(=O)CCC(=O)NC(CN)c1ccc2ccccc2c1. The lowest BCUT2D eigenvalue weighted by Crippen LogP contribution is -2.36. The molecule has 0 spiro atoms. The van der Waals surface area contributed by atoms with Gasteiger partial charge < -0.3 is 16.0 Å². The molecular weight excluding hydrogens is 338 g/mol. The van der Waals surface area contributed by atoms with E-state index in [0.717, 1.165) is 42.3 Å². The summed E-state index contributed by atoms with van der Waals surface area (Å²) in [6, 6.07) is 13.9. The van der Waals surface area contributed by atoms with Crippen molar-refractivity contribution in [3.63, 3.8) is 0 Å². The lowest BCUT2D eigenvalue weighted by atomic mass is 10.0. The van der Waals surface area contributed by atoms with Crippen LogP contribution in [0, 0.1) is 0 Å². The summed E-state index contributed by atoms with van der Waals surface area (Å²) in [5.74, 6) is -0.0937. The molecule has 5 nitrogen and oxygen atoms in total. The molecule has 2 aromatic carbocycles. The van der Waals surface area contributed by atoms with E-state index in [0.29, 0.717) is 6.54 Å². The maximum Gasteiger partial charge on any atom is 0.223 e. The largest absolute Gasteiger partial charge is 0.348 e. The third kappa shape index (κ3) is 6.07. The van der Waals surface area contributed by atoms with Crippen LogP contribution >= 0.6 is 0 Å². The Labute approximate surface area is 161 Å². The van der Waals surface area contributed by atoms with Gasteiger partial charge in [-0.2, -0.15) is 0 Å². The Balaban J connectivity index is 1.94. The van der Waals surface area contributed by atoms with Crippen LogP contribution in [0.2, 0.25) is 0 Å². The molecule has 0 bridgehead atoms. The van der Waals surface area contributed by atoms with Gasteiger partial charge in [0.05, 0.1) is 6.04 Å². The van der Waals surface area contributed by atoms with Crippen molar-refractivity contribution in [1.82, 2.24) is 10.2 Å². The van der Waals surface area contributed by atoms with E-state index < -0.39 is 0 Å². The molecule has 0 saturated carbocycles. The Kier molecular flexibility index (Phi) is 8.27. The number of benzene rings is 2. The molecule has 0 saturated heterocycles. The predicted molar refractivity (Wildman–Crippen MR) is 110 cm³/mol. The first-order valence-electron chi connectivity index (χ1n) is 9.84. The van der Waals surface area contributed by atoms with E-state index in [1.165, 1.54) is 0 Å². The summed E-state index contributed by atoms with van der Waals surface area (Å²) in [4.78, 5) is 26.5. The van der Waals surface area contributed by atoms with Crippen molar-refractivity contribution < 1.29 is 9.59 Å². The Bertz CT molecular complexity index is 754. The maximum atomic E-state index is 12.4. The van der Waals surface area contributed by atoms with Crippen molar-refractivity contribution in [3.8, 4) is 0 Å². The number of hydrogen-bond acceptors (Lipinski definition) is 3. The number of rotatable bonds is 10. The predicted octanol–water partition coefficient (Wildman–Crippen LogP) is 3.38. The Morgan fingerprint density at radius 1 is 1.00 bits per heavy atom. The Morgan fingerprint density at radius 2 is 1.67 bits per heavy atom. The second-order valence-corrected chi connectivity index (χ2v) is 6.84. The highest BCUT2D eigenvalue weighted by atomic mass is 16.2. The number of carbonyl (C=O) groups excluding carboxylic acids is 2. The van der Waals surface area contributed by atoms with Gasteiger partial charge >= 0.3 is 0 Å². The van der Waals surface area contributed by atoms with E-state index in [-0.39, 0.29) is 30.7 Å². The van der Waals surface area contributed by atoms with Crippen molar-refractivity contribution in [2.75, 3.05) is 19.6 Å². The summed E-state index contributed by atoms with van der Waals surface area (Å²) in [6.45, 7) is 5.92. The average Bonchev–Trinajstić information content (AvgIpc) is 2.69. The van der Waals surface area contributed by atoms with Crippen LogP contribution in [0.15, 0.2) is 42.5 Å². The van der Waals surface area contributed by atoms with Crippen molar-refractivity contribution in [1.29, 1.82) is 0 Å². The summed E-state index contributed by atoms with van der Waals surface area (Å²) < 4.78 is 0. The summed E-state index contributed by atoms with van der Waals surface area (Å²) in [6.07, 6.45) is 2.28. The summed E-state index contributed by atoms with van der Waals surface area (Å²) >= 11 is 0. The van der Waals surface area contributed by atoms with Crippen LogP contribution < -0.4 is 11.1 Å². The van der Waals surface area contributed by atoms with E-state index >= 15 is 0 Å². The standard InChI is InChI=1S/C22H31N3O2/c1-3-13-25(14-4-2)22(27)12-11-21(26)24-20(16-23)19-10-9-17-7-5-6-8-18(17)15-19/h5-10,15,20H,3-4,11-14,16,23H2,1-2H3,(H,24,26). The molecular formula is C22H31N3O2. The fourth-order valence-corrected chi connectivity index (χ4v) is 3.25. The highest BCUT2D eigenvalue weighted by Crippen LogP contribution is 2.20. The summed E-state index contributed by atoms with van der Waals surface area (Å²) in [7, 11) is 0. The fraction of sp³-hybridized carbons (Fsp3) is 0.455. The van der Waals surface area contributed by atoms with Crippen LogP contribution in [0.3, 0.4) is 0 Å². The number of nitrogens with one attached hydrogen (secondary N) is 1. The first kappa shape index (κ1) is 20.9. The van der Waals surface area contributed by atoms with Gasteiger partial charge in [0.25, 0.3) is 0 Å². The molecule has 0 aliphatic rings. The van der Waals surface area contributed by atoms with E-state index in [9.17, 15) is 9.59 Å². The topological polar surface area (TPSA) is 75.4 Å². The van der Waals surface area contributed by atoms with Gasteiger partial charge in [-0.25, -0.2) is 0 Å². The Hall–Kier alpha value is -2.40. The fourth-order valence-electron chi connectivity index (χ4n) is 3.25. The first-order valence-corrected chi connectivity index (χ1v) is 9.84.